The van der Waals surface area contributed by atoms with Gasteiger partial charge >= 0.3 is 0 Å². The summed E-state index contributed by atoms with van der Waals surface area (Å²) in [5.41, 5.74) is 1.34. The number of aromatic amines is 2. The van der Waals surface area contributed by atoms with E-state index in [1.807, 2.05) is 0 Å². The summed E-state index contributed by atoms with van der Waals surface area (Å²) in [5.74, 6) is -0.0497. The number of benzene rings is 1. The van der Waals surface area contributed by atoms with Crippen molar-refractivity contribution in [2.24, 2.45) is 0 Å². The third-order valence-corrected chi connectivity index (χ3v) is 4.38. The molecule has 4 rings (SSSR count). The van der Waals surface area contributed by atoms with Crippen LogP contribution in [0.4, 0.5) is 4.39 Å². The molecule has 2 N–H and O–H groups in total. The Kier molecular flexibility index (Phi) is 4.04. The lowest BCUT2D eigenvalue weighted by atomic mass is 10.2. The van der Waals surface area contributed by atoms with Gasteiger partial charge in [0.15, 0.2) is 0 Å². The number of amides is 1. The van der Waals surface area contributed by atoms with Crippen molar-refractivity contribution in [3.63, 3.8) is 0 Å². The predicted molar refractivity (Wildman–Crippen MR) is 92.4 cm³/mol. The van der Waals surface area contributed by atoms with E-state index in [0.29, 0.717) is 47.8 Å². The zero-order chi connectivity index (χ0) is 18.3. The maximum Gasteiger partial charge on any atom is 0.270 e. The molecule has 0 saturated carbocycles. The highest BCUT2D eigenvalue weighted by Gasteiger charge is 2.28. The molecule has 134 valence electrons. The van der Waals surface area contributed by atoms with Gasteiger partial charge in [-0.05, 0) is 31.2 Å². The summed E-state index contributed by atoms with van der Waals surface area (Å²) in [6, 6.07) is 7.36. The fraction of sp³-hybridized carbons (Fsp3) is 0.278. The second kappa shape index (κ2) is 6.38. The Bertz CT molecular complexity index is 1040. The fourth-order valence-electron chi connectivity index (χ4n) is 3.17. The molecule has 1 fully saturated rings. The van der Waals surface area contributed by atoms with Crippen molar-refractivity contribution >= 4 is 16.8 Å². The van der Waals surface area contributed by atoms with Crippen molar-refractivity contribution in [1.29, 1.82) is 0 Å². The Balaban J connectivity index is 1.58. The molecule has 7 nitrogen and oxygen atoms in total. The second-order valence-corrected chi connectivity index (χ2v) is 6.28. The number of nitrogens with one attached hydrogen (secondary N) is 2. The molecular weight excluding hydrogens is 339 g/mol. The number of H-pyrrole nitrogens is 2. The van der Waals surface area contributed by atoms with Crippen molar-refractivity contribution in [3.8, 4) is 0 Å². The van der Waals surface area contributed by atoms with Crippen LogP contribution in [0.2, 0.25) is 0 Å². The van der Waals surface area contributed by atoms with Crippen LogP contribution >= 0.6 is 0 Å². The molecule has 1 aliphatic rings. The average Bonchev–Trinajstić information content (AvgIpc) is 3.03. The highest BCUT2D eigenvalue weighted by Crippen LogP contribution is 2.23. The molecular formula is C18H17FN4O3. The van der Waals surface area contributed by atoms with Crippen LogP contribution in [-0.4, -0.2) is 45.5 Å². The predicted octanol–water partition coefficient (Wildman–Crippen LogP) is 1.91. The molecule has 0 bridgehead atoms. The van der Waals surface area contributed by atoms with Crippen LogP contribution in [0.1, 0.15) is 28.1 Å². The number of hydrogen-bond acceptors (Lipinski definition) is 4. The van der Waals surface area contributed by atoms with Crippen LogP contribution in [0, 0.1) is 12.7 Å². The molecule has 26 heavy (non-hydrogen) atoms. The zero-order valence-corrected chi connectivity index (χ0v) is 14.1. The first-order valence-electron chi connectivity index (χ1n) is 8.26. The number of hydrogen-bond donors (Lipinski definition) is 2. The minimum atomic E-state index is -0.462. The topological polar surface area (TPSA) is 91.1 Å². The Labute approximate surface area is 147 Å². The molecule has 3 aromatic rings. The lowest BCUT2D eigenvalue weighted by Gasteiger charge is -2.32. The fourth-order valence-corrected chi connectivity index (χ4v) is 3.17. The van der Waals surface area contributed by atoms with Crippen molar-refractivity contribution in [2.75, 3.05) is 19.7 Å². The van der Waals surface area contributed by atoms with Gasteiger partial charge in [0.25, 0.3) is 11.5 Å². The normalized spacial score (nSPS) is 17.6. The van der Waals surface area contributed by atoms with Gasteiger partial charge in [-0.2, -0.15) is 0 Å². The molecule has 2 aromatic heterocycles. The zero-order valence-electron chi connectivity index (χ0n) is 14.1. The van der Waals surface area contributed by atoms with Crippen LogP contribution in [-0.2, 0) is 4.74 Å². The van der Waals surface area contributed by atoms with E-state index >= 15 is 0 Å². The van der Waals surface area contributed by atoms with E-state index in [1.165, 1.54) is 18.2 Å². The smallest absolute Gasteiger partial charge is 0.270 e. The quantitative estimate of drug-likeness (QED) is 0.734. The Morgan fingerprint density at radius 3 is 2.96 bits per heavy atom. The Morgan fingerprint density at radius 2 is 2.15 bits per heavy atom. The number of rotatable bonds is 2. The van der Waals surface area contributed by atoms with Crippen LogP contribution in [0.25, 0.3) is 10.9 Å². The summed E-state index contributed by atoms with van der Waals surface area (Å²) in [7, 11) is 0. The summed E-state index contributed by atoms with van der Waals surface area (Å²) in [4.78, 5) is 36.0. The summed E-state index contributed by atoms with van der Waals surface area (Å²) < 4.78 is 19.0. The first kappa shape index (κ1) is 16.5. The highest BCUT2D eigenvalue weighted by atomic mass is 19.1. The van der Waals surface area contributed by atoms with Crippen LogP contribution in [0.5, 0.6) is 0 Å². The molecule has 1 aliphatic heterocycles. The van der Waals surface area contributed by atoms with E-state index in [-0.39, 0.29) is 17.3 Å². The molecule has 0 spiro atoms. The standard InChI is InChI=1S/C18H17FN4O3/c1-10-20-14(8-17(24)21-10)16-9-23(4-5-26-16)18(25)15-7-11-6-12(19)2-3-13(11)22-15/h2-3,6-8,16,22H,4-5,9H2,1H3,(H,20,21,24)/t16-/m0/s1. The summed E-state index contributed by atoms with van der Waals surface area (Å²) in [6.45, 7) is 2.76. The number of aromatic nitrogens is 3. The van der Waals surface area contributed by atoms with Crippen molar-refractivity contribution in [3.05, 3.63) is 63.7 Å². The minimum absolute atomic E-state index is 0.198. The number of fused-ring (bicyclic) bond motifs is 1. The van der Waals surface area contributed by atoms with Gasteiger partial charge in [-0.25, -0.2) is 9.37 Å². The maximum atomic E-state index is 13.3. The summed E-state index contributed by atoms with van der Waals surface area (Å²) in [6.07, 6.45) is -0.462. The van der Waals surface area contributed by atoms with Gasteiger partial charge in [-0.3, -0.25) is 9.59 Å². The van der Waals surface area contributed by atoms with Crippen molar-refractivity contribution in [1.82, 2.24) is 19.9 Å². The summed E-state index contributed by atoms with van der Waals surface area (Å²) >= 11 is 0. The number of carbonyl (C=O) groups excluding carboxylic acids is 1. The van der Waals surface area contributed by atoms with E-state index < -0.39 is 6.10 Å². The molecule has 1 atom stereocenters. The van der Waals surface area contributed by atoms with E-state index in [1.54, 1.807) is 24.0 Å². The lowest BCUT2D eigenvalue weighted by molar-refractivity contribution is -0.0250. The Morgan fingerprint density at radius 1 is 1.31 bits per heavy atom. The number of ether oxygens (including phenoxy) is 1. The minimum Gasteiger partial charge on any atom is -0.368 e. The molecule has 1 saturated heterocycles. The van der Waals surface area contributed by atoms with Gasteiger partial charge in [0.1, 0.15) is 23.4 Å². The van der Waals surface area contributed by atoms with Crippen molar-refractivity contribution in [2.45, 2.75) is 13.0 Å². The average molecular weight is 356 g/mol. The first-order chi connectivity index (χ1) is 12.5. The number of carbonyl (C=O) groups is 1. The molecule has 8 heteroatoms. The SMILES string of the molecule is Cc1nc([C@@H]2CN(C(=O)c3cc4cc(F)ccc4[nH]3)CCO2)cc(=O)[nH]1. The molecule has 0 unspecified atom stereocenters. The van der Waals surface area contributed by atoms with Gasteiger partial charge in [-0.1, -0.05) is 0 Å². The van der Waals surface area contributed by atoms with Gasteiger partial charge in [0.2, 0.25) is 0 Å². The van der Waals surface area contributed by atoms with Crippen LogP contribution < -0.4 is 5.56 Å². The highest BCUT2D eigenvalue weighted by molar-refractivity contribution is 5.98. The monoisotopic (exact) mass is 356 g/mol. The molecule has 0 radical (unpaired) electrons. The van der Waals surface area contributed by atoms with Gasteiger partial charge in [0, 0.05) is 23.5 Å². The van der Waals surface area contributed by atoms with Crippen molar-refractivity contribution < 1.29 is 13.9 Å². The van der Waals surface area contributed by atoms with E-state index in [9.17, 15) is 14.0 Å². The third kappa shape index (κ3) is 3.11. The van der Waals surface area contributed by atoms with E-state index in [2.05, 4.69) is 15.0 Å². The first-order valence-corrected chi connectivity index (χ1v) is 8.26. The number of aryl methyl sites for hydroxylation is 1. The van der Waals surface area contributed by atoms with Gasteiger partial charge < -0.3 is 19.6 Å². The summed E-state index contributed by atoms with van der Waals surface area (Å²) in [5, 5.41) is 0.644. The molecule has 1 amide bonds. The van der Waals surface area contributed by atoms with Gasteiger partial charge in [0.05, 0.1) is 18.8 Å². The third-order valence-electron chi connectivity index (χ3n) is 4.38. The largest absolute Gasteiger partial charge is 0.368 e. The molecule has 3 heterocycles. The van der Waals surface area contributed by atoms with Crippen LogP contribution in [0.15, 0.2) is 35.1 Å². The second-order valence-electron chi connectivity index (χ2n) is 6.28. The lowest BCUT2D eigenvalue weighted by Crippen LogP contribution is -2.42. The maximum absolute atomic E-state index is 13.3. The van der Waals surface area contributed by atoms with Gasteiger partial charge in [-0.15, -0.1) is 0 Å². The molecule has 0 aliphatic carbocycles. The molecule has 1 aromatic carbocycles. The van der Waals surface area contributed by atoms with E-state index in [4.69, 9.17) is 4.74 Å². The van der Waals surface area contributed by atoms with Crippen LogP contribution in [0.3, 0.4) is 0 Å². The van der Waals surface area contributed by atoms with E-state index in [0.717, 1.165) is 0 Å². The number of morpholine rings is 1. The Hall–Kier alpha value is -3.00. The number of halogens is 1. The number of nitrogens with zero attached hydrogens (tertiary/aromatic N) is 2.